The highest BCUT2D eigenvalue weighted by atomic mass is 16.7. The van der Waals surface area contributed by atoms with Crippen molar-refractivity contribution in [3.05, 3.63) is 47.9 Å². The summed E-state index contributed by atoms with van der Waals surface area (Å²) in [7, 11) is 0. The number of aromatic nitrogens is 2. The van der Waals surface area contributed by atoms with Crippen LogP contribution in [-0.2, 0) is 9.59 Å². The van der Waals surface area contributed by atoms with E-state index in [-0.39, 0.29) is 37.5 Å². The van der Waals surface area contributed by atoms with Crippen LogP contribution in [0.1, 0.15) is 38.1 Å². The van der Waals surface area contributed by atoms with E-state index in [4.69, 9.17) is 14.0 Å². The first-order valence-electron chi connectivity index (χ1n) is 12.2. The molecule has 0 saturated heterocycles. The molecule has 5 rings (SSSR count). The number of aryl methyl sites for hydroxylation is 1. The number of hydrogen-bond acceptors (Lipinski definition) is 9. The van der Waals surface area contributed by atoms with Crippen LogP contribution < -0.4 is 19.7 Å². The van der Waals surface area contributed by atoms with Gasteiger partial charge >= 0.3 is 0 Å². The zero-order chi connectivity index (χ0) is 25.9. The number of rotatable bonds is 8. The van der Waals surface area contributed by atoms with Crippen LogP contribution in [-0.4, -0.2) is 59.1 Å². The summed E-state index contributed by atoms with van der Waals surface area (Å²) in [5.41, 5.74) is 3.88. The van der Waals surface area contributed by atoms with Gasteiger partial charge in [-0.15, -0.1) is 0 Å². The van der Waals surface area contributed by atoms with Crippen molar-refractivity contribution in [3.63, 3.8) is 0 Å². The van der Waals surface area contributed by atoms with Gasteiger partial charge in [0.05, 0.1) is 0 Å². The van der Waals surface area contributed by atoms with Crippen LogP contribution in [0.2, 0.25) is 0 Å². The average molecular weight is 505 g/mol. The molecule has 1 aromatic heterocycles. The lowest BCUT2D eigenvalue weighted by molar-refractivity contribution is -0.135. The Balaban J connectivity index is 1.27. The Morgan fingerprint density at radius 2 is 1.89 bits per heavy atom. The molecule has 0 unspecified atom stereocenters. The third-order valence-corrected chi connectivity index (χ3v) is 6.31. The molecule has 3 heterocycles. The molecule has 0 saturated carbocycles. The molecule has 0 fully saturated rings. The molecule has 0 spiro atoms. The number of ether oxygens (including phenoxy) is 2. The summed E-state index contributed by atoms with van der Waals surface area (Å²) >= 11 is 0. The number of amides is 2. The van der Waals surface area contributed by atoms with Crippen molar-refractivity contribution >= 4 is 28.9 Å². The zero-order valence-corrected chi connectivity index (χ0v) is 21.0. The fraction of sp³-hybridized carbons (Fsp3) is 0.346. The second kappa shape index (κ2) is 10.3. The topological polar surface area (TPSA) is 122 Å². The highest BCUT2D eigenvalue weighted by Crippen LogP contribution is 2.35. The number of carbonyl (C=O) groups excluding carboxylic acids is 2. The fourth-order valence-corrected chi connectivity index (χ4v) is 4.27. The summed E-state index contributed by atoms with van der Waals surface area (Å²) in [6.45, 7) is 7.90. The molecule has 3 aromatic rings. The monoisotopic (exact) mass is 504 g/mol. The lowest BCUT2D eigenvalue weighted by Crippen LogP contribution is -2.38. The van der Waals surface area contributed by atoms with Gasteiger partial charge in [0.25, 0.3) is 5.89 Å². The van der Waals surface area contributed by atoms with Crippen LogP contribution in [0, 0.1) is 6.92 Å². The van der Waals surface area contributed by atoms with Crippen LogP contribution in [0.25, 0.3) is 11.4 Å². The molecular weight excluding hydrogens is 476 g/mol. The van der Waals surface area contributed by atoms with Crippen molar-refractivity contribution in [2.45, 2.75) is 33.6 Å². The van der Waals surface area contributed by atoms with E-state index in [1.165, 1.54) is 0 Å². The molecule has 2 aliphatic heterocycles. The Bertz CT molecular complexity index is 1360. The van der Waals surface area contributed by atoms with Crippen molar-refractivity contribution in [2.24, 2.45) is 5.10 Å². The first-order valence-corrected chi connectivity index (χ1v) is 12.2. The minimum atomic E-state index is -0.344. The van der Waals surface area contributed by atoms with Gasteiger partial charge in [-0.2, -0.15) is 10.1 Å². The van der Waals surface area contributed by atoms with Gasteiger partial charge in [-0.3, -0.25) is 9.59 Å². The second-order valence-electron chi connectivity index (χ2n) is 8.71. The van der Waals surface area contributed by atoms with E-state index in [0.29, 0.717) is 40.7 Å². The fourth-order valence-electron chi connectivity index (χ4n) is 4.27. The molecule has 11 nitrogen and oxygen atoms in total. The van der Waals surface area contributed by atoms with Gasteiger partial charge in [-0.25, -0.2) is 5.01 Å². The SMILES string of the molecule is CCN(CC)c1ccc(NC(=O)CN2N=C(c3nc(-c4ccc5c(c4)OCO5)no3)CCC2=O)c(C)c1. The number of nitrogens with zero attached hydrogens (tertiary/aromatic N) is 5. The molecule has 0 radical (unpaired) electrons. The Hall–Kier alpha value is -4.41. The predicted molar refractivity (Wildman–Crippen MR) is 137 cm³/mol. The molecule has 11 heteroatoms. The molecule has 2 aliphatic rings. The standard InChI is InChI=1S/C26H28N6O5/c1-4-31(5-2)18-7-8-19(16(3)12-18)27-23(33)14-32-24(34)11-9-20(29-32)26-28-25(30-37-26)17-6-10-21-22(13-17)36-15-35-21/h6-8,10,12-13H,4-5,9,11,14-15H2,1-3H3,(H,27,33). The van der Waals surface area contributed by atoms with E-state index in [0.717, 1.165) is 29.3 Å². The molecule has 0 bridgehead atoms. The third kappa shape index (κ3) is 5.11. The summed E-state index contributed by atoms with van der Waals surface area (Å²) in [5.74, 6) is 1.24. The normalized spacial score (nSPS) is 14.5. The summed E-state index contributed by atoms with van der Waals surface area (Å²) in [6, 6.07) is 11.3. The maximum atomic E-state index is 12.8. The number of hydrogen-bond donors (Lipinski definition) is 1. The van der Waals surface area contributed by atoms with Gasteiger partial charge < -0.3 is 24.2 Å². The lowest BCUT2D eigenvalue weighted by atomic mass is 10.1. The van der Waals surface area contributed by atoms with Crippen LogP contribution in [0.4, 0.5) is 11.4 Å². The largest absolute Gasteiger partial charge is 0.454 e. The van der Waals surface area contributed by atoms with Crippen molar-refractivity contribution in [2.75, 3.05) is 36.6 Å². The Kier molecular flexibility index (Phi) is 6.76. The van der Waals surface area contributed by atoms with Crippen LogP contribution >= 0.6 is 0 Å². The second-order valence-corrected chi connectivity index (χ2v) is 8.71. The zero-order valence-electron chi connectivity index (χ0n) is 21.0. The Morgan fingerprint density at radius 3 is 2.68 bits per heavy atom. The van der Waals surface area contributed by atoms with Gasteiger partial charge in [0.1, 0.15) is 12.3 Å². The predicted octanol–water partition coefficient (Wildman–Crippen LogP) is 3.59. The number of nitrogens with one attached hydrogen (secondary N) is 1. The maximum Gasteiger partial charge on any atom is 0.274 e. The number of hydrazone groups is 1. The number of fused-ring (bicyclic) bond motifs is 1. The van der Waals surface area contributed by atoms with Gasteiger partial charge in [-0.05, 0) is 62.7 Å². The summed E-state index contributed by atoms with van der Waals surface area (Å²) in [4.78, 5) is 31.9. The minimum absolute atomic E-state index is 0.172. The van der Waals surface area contributed by atoms with E-state index >= 15 is 0 Å². The highest BCUT2D eigenvalue weighted by molar-refractivity contribution is 6.02. The molecule has 2 amide bonds. The Labute approximate surface area is 214 Å². The summed E-state index contributed by atoms with van der Waals surface area (Å²) < 4.78 is 16.2. The Morgan fingerprint density at radius 1 is 1.08 bits per heavy atom. The van der Waals surface area contributed by atoms with Crippen LogP contribution in [0.15, 0.2) is 46.0 Å². The quantitative estimate of drug-likeness (QED) is 0.494. The molecule has 37 heavy (non-hydrogen) atoms. The smallest absolute Gasteiger partial charge is 0.274 e. The molecule has 1 N–H and O–H groups in total. The molecule has 2 aromatic carbocycles. The molecule has 0 aliphatic carbocycles. The molecular formula is C26H28N6O5. The van der Waals surface area contributed by atoms with Crippen LogP contribution in [0.5, 0.6) is 11.5 Å². The van der Waals surface area contributed by atoms with Gasteiger partial charge in [-0.1, -0.05) is 5.16 Å². The van der Waals surface area contributed by atoms with Crippen molar-refractivity contribution in [1.29, 1.82) is 0 Å². The third-order valence-electron chi connectivity index (χ3n) is 6.31. The van der Waals surface area contributed by atoms with Crippen molar-refractivity contribution in [3.8, 4) is 22.9 Å². The van der Waals surface area contributed by atoms with Gasteiger partial charge in [0.2, 0.25) is 24.4 Å². The van der Waals surface area contributed by atoms with E-state index in [1.54, 1.807) is 12.1 Å². The van der Waals surface area contributed by atoms with E-state index in [9.17, 15) is 9.59 Å². The minimum Gasteiger partial charge on any atom is -0.454 e. The van der Waals surface area contributed by atoms with Gasteiger partial charge in [0, 0.05) is 42.9 Å². The van der Waals surface area contributed by atoms with E-state index in [2.05, 4.69) is 39.3 Å². The lowest BCUT2D eigenvalue weighted by Gasteiger charge is -2.23. The summed E-state index contributed by atoms with van der Waals surface area (Å²) in [6.07, 6.45) is 0.525. The van der Waals surface area contributed by atoms with E-state index < -0.39 is 0 Å². The van der Waals surface area contributed by atoms with Crippen molar-refractivity contribution < 1.29 is 23.6 Å². The average Bonchev–Trinajstić information content (AvgIpc) is 3.57. The van der Waals surface area contributed by atoms with E-state index in [1.807, 2.05) is 31.2 Å². The number of benzene rings is 2. The van der Waals surface area contributed by atoms with Crippen LogP contribution in [0.3, 0.4) is 0 Å². The molecule has 0 atom stereocenters. The first-order chi connectivity index (χ1) is 17.9. The maximum absolute atomic E-state index is 12.8. The number of anilines is 2. The number of carbonyl (C=O) groups is 2. The summed E-state index contributed by atoms with van der Waals surface area (Å²) in [5, 5.41) is 12.4. The van der Waals surface area contributed by atoms with Crippen molar-refractivity contribution in [1.82, 2.24) is 15.1 Å². The highest BCUT2D eigenvalue weighted by Gasteiger charge is 2.27. The first kappa shape index (κ1) is 24.3. The molecule has 192 valence electrons. The van der Waals surface area contributed by atoms with Gasteiger partial charge in [0.15, 0.2) is 11.5 Å².